The molecular formula is C16H13BrO. The molecule has 2 aromatic rings. The van der Waals surface area contributed by atoms with E-state index in [1.807, 2.05) is 60.7 Å². The van der Waals surface area contributed by atoms with Crippen molar-refractivity contribution in [2.24, 2.45) is 0 Å². The first kappa shape index (κ1) is 12.8. The molecule has 0 spiro atoms. The van der Waals surface area contributed by atoms with Crippen molar-refractivity contribution in [2.75, 3.05) is 0 Å². The Labute approximate surface area is 115 Å². The molecule has 0 N–H and O–H groups in total. The summed E-state index contributed by atoms with van der Waals surface area (Å²) in [6.45, 7) is 1.59. The van der Waals surface area contributed by atoms with Gasteiger partial charge in [0.05, 0.1) is 0 Å². The molecule has 2 heteroatoms. The van der Waals surface area contributed by atoms with Crippen molar-refractivity contribution in [3.8, 4) is 0 Å². The number of hydrogen-bond acceptors (Lipinski definition) is 1. The van der Waals surface area contributed by atoms with Crippen molar-refractivity contribution in [1.82, 2.24) is 0 Å². The Morgan fingerprint density at radius 3 is 1.72 bits per heavy atom. The van der Waals surface area contributed by atoms with Crippen LogP contribution in [0.4, 0.5) is 0 Å². The van der Waals surface area contributed by atoms with Crippen LogP contribution < -0.4 is 0 Å². The summed E-state index contributed by atoms with van der Waals surface area (Å²) in [5, 5.41) is 0. The zero-order valence-corrected chi connectivity index (χ0v) is 11.6. The smallest absolute Gasteiger partial charge is 0.161 e. The first-order chi connectivity index (χ1) is 8.70. The predicted molar refractivity (Wildman–Crippen MR) is 79.3 cm³/mol. The normalized spacial score (nSPS) is 11.9. The summed E-state index contributed by atoms with van der Waals surface area (Å²) in [6.07, 6.45) is 0. The third-order valence-electron chi connectivity index (χ3n) is 2.66. The van der Waals surface area contributed by atoms with Crippen LogP contribution in [0.3, 0.4) is 0 Å². The summed E-state index contributed by atoms with van der Waals surface area (Å²) < 4.78 is 0.835. The average Bonchev–Trinajstić information content (AvgIpc) is 2.40. The molecule has 0 fully saturated rings. The summed E-state index contributed by atoms with van der Waals surface area (Å²) in [4.78, 5) is 11.9. The SMILES string of the molecule is CC(=O)C(=C(Br)c1ccccc1)c1ccccc1. The van der Waals surface area contributed by atoms with Crippen LogP contribution in [0.1, 0.15) is 18.1 Å². The van der Waals surface area contributed by atoms with Crippen LogP contribution in [0.5, 0.6) is 0 Å². The van der Waals surface area contributed by atoms with Gasteiger partial charge in [-0.2, -0.15) is 0 Å². The summed E-state index contributed by atoms with van der Waals surface area (Å²) in [5.74, 6) is 0.0527. The van der Waals surface area contributed by atoms with Gasteiger partial charge in [0.1, 0.15) is 0 Å². The fourth-order valence-corrected chi connectivity index (χ4v) is 2.59. The van der Waals surface area contributed by atoms with E-state index >= 15 is 0 Å². The maximum Gasteiger partial charge on any atom is 0.161 e. The van der Waals surface area contributed by atoms with E-state index in [2.05, 4.69) is 15.9 Å². The lowest BCUT2D eigenvalue weighted by Crippen LogP contribution is -1.98. The number of benzene rings is 2. The molecule has 0 aromatic heterocycles. The van der Waals surface area contributed by atoms with Crippen molar-refractivity contribution in [3.63, 3.8) is 0 Å². The highest BCUT2D eigenvalue weighted by Crippen LogP contribution is 2.31. The third kappa shape index (κ3) is 2.77. The van der Waals surface area contributed by atoms with Gasteiger partial charge in [-0.25, -0.2) is 0 Å². The quantitative estimate of drug-likeness (QED) is 0.601. The third-order valence-corrected chi connectivity index (χ3v) is 3.52. The average molecular weight is 301 g/mol. The number of rotatable bonds is 3. The summed E-state index contributed by atoms with van der Waals surface area (Å²) in [6, 6.07) is 19.5. The Morgan fingerprint density at radius 2 is 1.28 bits per heavy atom. The number of Topliss-reactive ketones (excluding diaryl/α,β-unsaturated/α-hetero) is 1. The van der Waals surface area contributed by atoms with E-state index in [4.69, 9.17) is 0 Å². The Hall–Kier alpha value is -1.67. The van der Waals surface area contributed by atoms with E-state index in [1.165, 1.54) is 0 Å². The highest BCUT2D eigenvalue weighted by atomic mass is 79.9. The molecule has 0 atom stereocenters. The largest absolute Gasteiger partial charge is 0.294 e. The molecule has 2 rings (SSSR count). The molecule has 0 aliphatic carbocycles. The molecule has 0 radical (unpaired) electrons. The number of halogens is 1. The lowest BCUT2D eigenvalue weighted by atomic mass is 10.00. The van der Waals surface area contributed by atoms with Crippen LogP contribution in [0.25, 0.3) is 10.1 Å². The molecule has 0 saturated carbocycles. The van der Waals surface area contributed by atoms with Gasteiger partial charge < -0.3 is 0 Å². The zero-order chi connectivity index (χ0) is 13.0. The Bertz CT molecular complexity index is 571. The van der Waals surface area contributed by atoms with Gasteiger partial charge in [0.15, 0.2) is 5.78 Å². The molecule has 1 nitrogen and oxygen atoms in total. The number of allylic oxidation sites excluding steroid dienone is 1. The molecule has 0 amide bonds. The summed E-state index contributed by atoms with van der Waals surface area (Å²) >= 11 is 3.55. The Kier molecular flexibility index (Phi) is 4.11. The minimum atomic E-state index is 0.0527. The lowest BCUT2D eigenvalue weighted by molar-refractivity contribution is -0.111. The first-order valence-corrected chi connectivity index (χ1v) is 6.51. The highest BCUT2D eigenvalue weighted by molar-refractivity contribution is 9.15. The summed E-state index contributed by atoms with van der Waals surface area (Å²) in [5.41, 5.74) is 2.65. The van der Waals surface area contributed by atoms with Gasteiger partial charge in [0.25, 0.3) is 0 Å². The minimum absolute atomic E-state index is 0.0527. The second-order valence-electron chi connectivity index (χ2n) is 3.98. The second-order valence-corrected chi connectivity index (χ2v) is 4.77. The monoisotopic (exact) mass is 300 g/mol. The highest BCUT2D eigenvalue weighted by Gasteiger charge is 2.13. The molecule has 0 saturated heterocycles. The lowest BCUT2D eigenvalue weighted by Gasteiger charge is -2.08. The molecule has 2 aromatic carbocycles. The van der Waals surface area contributed by atoms with Crippen LogP contribution in [-0.4, -0.2) is 5.78 Å². The molecule has 0 aliphatic rings. The van der Waals surface area contributed by atoms with Crippen LogP contribution >= 0.6 is 15.9 Å². The zero-order valence-electron chi connectivity index (χ0n) is 10.1. The van der Waals surface area contributed by atoms with E-state index in [-0.39, 0.29) is 5.78 Å². The molecular weight excluding hydrogens is 288 g/mol. The first-order valence-electron chi connectivity index (χ1n) is 5.71. The van der Waals surface area contributed by atoms with E-state index in [1.54, 1.807) is 6.92 Å². The van der Waals surface area contributed by atoms with E-state index in [0.29, 0.717) is 5.57 Å². The summed E-state index contributed by atoms with van der Waals surface area (Å²) in [7, 11) is 0. The standard InChI is InChI=1S/C16H13BrO/c1-12(18)15(13-8-4-2-5-9-13)16(17)14-10-6-3-7-11-14/h2-11H,1H3. The van der Waals surface area contributed by atoms with Crippen LogP contribution in [0.2, 0.25) is 0 Å². The van der Waals surface area contributed by atoms with Gasteiger partial charge in [0.2, 0.25) is 0 Å². The van der Waals surface area contributed by atoms with Crippen molar-refractivity contribution in [2.45, 2.75) is 6.92 Å². The number of carbonyl (C=O) groups excluding carboxylic acids is 1. The topological polar surface area (TPSA) is 17.1 Å². The number of carbonyl (C=O) groups is 1. The van der Waals surface area contributed by atoms with Gasteiger partial charge >= 0.3 is 0 Å². The molecule has 18 heavy (non-hydrogen) atoms. The van der Waals surface area contributed by atoms with Crippen LogP contribution in [-0.2, 0) is 4.79 Å². The molecule has 0 unspecified atom stereocenters. The molecule has 0 aliphatic heterocycles. The van der Waals surface area contributed by atoms with E-state index < -0.39 is 0 Å². The molecule has 90 valence electrons. The van der Waals surface area contributed by atoms with Crippen LogP contribution in [0, 0.1) is 0 Å². The predicted octanol–water partition coefficient (Wildman–Crippen LogP) is 4.54. The van der Waals surface area contributed by atoms with Gasteiger partial charge in [-0.05, 0) is 34.0 Å². The van der Waals surface area contributed by atoms with Gasteiger partial charge in [0, 0.05) is 10.1 Å². The molecule has 0 heterocycles. The fraction of sp³-hybridized carbons (Fsp3) is 0.0625. The second kappa shape index (κ2) is 5.78. The minimum Gasteiger partial charge on any atom is -0.294 e. The number of ketones is 1. The Morgan fingerprint density at radius 1 is 0.833 bits per heavy atom. The van der Waals surface area contributed by atoms with E-state index in [0.717, 1.165) is 15.6 Å². The fourth-order valence-electron chi connectivity index (χ4n) is 1.82. The van der Waals surface area contributed by atoms with Gasteiger partial charge in [-0.3, -0.25) is 4.79 Å². The van der Waals surface area contributed by atoms with Crippen molar-refractivity contribution in [3.05, 3.63) is 71.8 Å². The van der Waals surface area contributed by atoms with Gasteiger partial charge in [-0.1, -0.05) is 60.7 Å². The van der Waals surface area contributed by atoms with Crippen molar-refractivity contribution < 1.29 is 4.79 Å². The van der Waals surface area contributed by atoms with Crippen molar-refractivity contribution >= 4 is 31.8 Å². The van der Waals surface area contributed by atoms with Crippen molar-refractivity contribution in [1.29, 1.82) is 0 Å². The maximum atomic E-state index is 11.9. The Balaban J connectivity index is 2.58. The van der Waals surface area contributed by atoms with Crippen LogP contribution in [0.15, 0.2) is 60.7 Å². The number of hydrogen-bond donors (Lipinski definition) is 0. The van der Waals surface area contributed by atoms with Gasteiger partial charge in [-0.15, -0.1) is 0 Å². The van der Waals surface area contributed by atoms with E-state index in [9.17, 15) is 4.79 Å². The molecule has 0 bridgehead atoms. The maximum absolute atomic E-state index is 11.9.